The summed E-state index contributed by atoms with van der Waals surface area (Å²) in [5.74, 6) is 0.513. The Bertz CT molecular complexity index is 539. The molecule has 0 fully saturated rings. The van der Waals surface area contributed by atoms with Crippen LogP contribution in [0, 0.1) is 7.14 Å². The molecule has 0 bridgehead atoms. The highest BCUT2D eigenvalue weighted by atomic mass is 127. The zero-order chi connectivity index (χ0) is 13.1. The van der Waals surface area contributed by atoms with Gasteiger partial charge in [0.25, 0.3) is 0 Å². The van der Waals surface area contributed by atoms with E-state index in [-0.39, 0.29) is 5.97 Å². The molecule has 0 saturated carbocycles. The quantitative estimate of drug-likeness (QED) is 0.498. The minimum absolute atomic E-state index is 0.292. The van der Waals surface area contributed by atoms with Gasteiger partial charge in [-0.2, -0.15) is 0 Å². The highest BCUT2D eigenvalue weighted by Gasteiger charge is 2.15. The molecule has 1 aromatic heterocycles. The van der Waals surface area contributed by atoms with E-state index in [0.29, 0.717) is 12.2 Å². The average Bonchev–Trinajstić information content (AvgIpc) is 2.82. The third kappa shape index (κ3) is 2.87. The molecule has 0 aliphatic rings. The number of carbonyl (C=O) groups is 1. The highest BCUT2D eigenvalue weighted by Crippen LogP contribution is 2.31. The third-order valence-electron chi connectivity index (χ3n) is 2.32. The molecule has 0 spiro atoms. The number of esters is 1. The molecule has 0 aliphatic carbocycles. The minimum atomic E-state index is -0.292. The van der Waals surface area contributed by atoms with Gasteiger partial charge in [-0.3, -0.25) is 0 Å². The second kappa shape index (κ2) is 6.05. The topological polar surface area (TPSA) is 39.4 Å². The third-order valence-corrected chi connectivity index (χ3v) is 4.02. The van der Waals surface area contributed by atoms with E-state index in [2.05, 4.69) is 45.2 Å². The van der Waals surface area contributed by atoms with Crippen LogP contribution in [0.2, 0.25) is 0 Å². The fourth-order valence-electron chi connectivity index (χ4n) is 1.56. The summed E-state index contributed by atoms with van der Waals surface area (Å²) in [4.78, 5) is 11.7. The van der Waals surface area contributed by atoms with Gasteiger partial charge in [0.2, 0.25) is 0 Å². The molecule has 0 aliphatic heterocycles. The van der Waals surface area contributed by atoms with Crippen molar-refractivity contribution in [3.63, 3.8) is 0 Å². The van der Waals surface area contributed by atoms with E-state index >= 15 is 0 Å². The van der Waals surface area contributed by atoms with Crippen LogP contribution in [-0.2, 0) is 4.74 Å². The predicted molar refractivity (Wildman–Crippen MR) is 85.5 cm³/mol. The zero-order valence-electron chi connectivity index (χ0n) is 9.57. The number of hydrogen-bond donors (Lipinski definition) is 0. The summed E-state index contributed by atoms with van der Waals surface area (Å²) in [6.45, 7) is 2.18. The first-order chi connectivity index (χ1) is 8.63. The molecule has 1 heterocycles. The zero-order valence-corrected chi connectivity index (χ0v) is 13.9. The van der Waals surface area contributed by atoms with Crippen molar-refractivity contribution >= 4 is 51.2 Å². The van der Waals surface area contributed by atoms with Crippen LogP contribution in [0.1, 0.15) is 17.3 Å². The second-order valence-electron chi connectivity index (χ2n) is 3.51. The van der Waals surface area contributed by atoms with Gasteiger partial charge < -0.3 is 9.15 Å². The van der Waals surface area contributed by atoms with Gasteiger partial charge >= 0.3 is 5.97 Å². The maximum absolute atomic E-state index is 11.7. The van der Waals surface area contributed by atoms with Crippen molar-refractivity contribution in [2.75, 3.05) is 6.61 Å². The van der Waals surface area contributed by atoms with Gasteiger partial charge in [0, 0.05) is 12.7 Å². The fraction of sp³-hybridized carbons (Fsp3) is 0.154. The van der Waals surface area contributed by atoms with E-state index in [1.807, 2.05) is 24.3 Å². The number of benzene rings is 1. The van der Waals surface area contributed by atoms with Crippen LogP contribution in [0.5, 0.6) is 0 Å². The number of furan rings is 1. The number of carbonyl (C=O) groups excluding carboxylic acids is 1. The number of ether oxygens (including phenoxy) is 1. The largest absolute Gasteiger partial charge is 0.464 e. The molecule has 1 aromatic carbocycles. The molecular formula is C13H10I2O3. The molecule has 2 aromatic rings. The van der Waals surface area contributed by atoms with Crippen LogP contribution in [0.4, 0.5) is 0 Å². The molecule has 0 unspecified atom stereocenters. The molecule has 94 valence electrons. The van der Waals surface area contributed by atoms with Gasteiger partial charge in [-0.25, -0.2) is 4.79 Å². The summed E-state index contributed by atoms with van der Waals surface area (Å²) < 4.78 is 12.3. The van der Waals surface area contributed by atoms with Crippen LogP contribution in [0.25, 0.3) is 11.3 Å². The summed E-state index contributed by atoms with van der Waals surface area (Å²) >= 11 is 4.40. The standard InChI is InChI=1S/C13H10I2O3/c1-2-17-13(16)8-6-9(14)12(10(15)7-8)11-4-3-5-18-11/h3-7H,2H2,1H3. The van der Waals surface area contributed by atoms with E-state index in [0.717, 1.165) is 18.5 Å². The number of halogens is 2. The molecule has 2 rings (SSSR count). The van der Waals surface area contributed by atoms with Crippen molar-refractivity contribution in [2.24, 2.45) is 0 Å². The maximum atomic E-state index is 11.7. The van der Waals surface area contributed by atoms with Gasteiger partial charge in [0.1, 0.15) is 5.76 Å². The normalized spacial score (nSPS) is 10.4. The van der Waals surface area contributed by atoms with Gasteiger partial charge in [0.05, 0.1) is 18.4 Å². The van der Waals surface area contributed by atoms with Gasteiger partial charge in [-0.15, -0.1) is 0 Å². The molecule has 0 amide bonds. The fourth-order valence-corrected chi connectivity index (χ4v) is 3.86. The lowest BCUT2D eigenvalue weighted by atomic mass is 10.1. The van der Waals surface area contributed by atoms with Crippen LogP contribution < -0.4 is 0 Å². The van der Waals surface area contributed by atoms with E-state index < -0.39 is 0 Å². The molecule has 0 atom stereocenters. The Morgan fingerprint density at radius 3 is 2.50 bits per heavy atom. The van der Waals surface area contributed by atoms with Crippen LogP contribution in [-0.4, -0.2) is 12.6 Å². The summed E-state index contributed by atoms with van der Waals surface area (Å²) in [5, 5.41) is 0. The predicted octanol–water partition coefficient (Wildman–Crippen LogP) is 4.33. The van der Waals surface area contributed by atoms with Crippen molar-refractivity contribution in [2.45, 2.75) is 6.92 Å². The minimum Gasteiger partial charge on any atom is -0.464 e. The van der Waals surface area contributed by atoms with Crippen LogP contribution >= 0.6 is 45.2 Å². The molecule has 0 saturated heterocycles. The van der Waals surface area contributed by atoms with Gasteiger partial charge in [-0.05, 0) is 76.4 Å². The van der Waals surface area contributed by atoms with Crippen LogP contribution in [0.15, 0.2) is 34.9 Å². The maximum Gasteiger partial charge on any atom is 0.338 e. The first kappa shape index (κ1) is 13.9. The second-order valence-corrected chi connectivity index (χ2v) is 5.84. The van der Waals surface area contributed by atoms with Gasteiger partial charge in [0.15, 0.2) is 0 Å². The smallest absolute Gasteiger partial charge is 0.338 e. The lowest BCUT2D eigenvalue weighted by Gasteiger charge is -2.08. The average molecular weight is 468 g/mol. The van der Waals surface area contributed by atoms with E-state index in [1.54, 1.807) is 13.2 Å². The SMILES string of the molecule is CCOC(=O)c1cc(I)c(-c2ccco2)c(I)c1. The van der Waals surface area contributed by atoms with Crippen molar-refractivity contribution in [1.82, 2.24) is 0 Å². The van der Waals surface area contributed by atoms with E-state index in [4.69, 9.17) is 9.15 Å². The Hall–Kier alpha value is -0.570. The van der Waals surface area contributed by atoms with Crippen molar-refractivity contribution in [3.05, 3.63) is 43.2 Å². The Labute approximate surface area is 132 Å². The summed E-state index contributed by atoms with van der Waals surface area (Å²) in [7, 11) is 0. The molecule has 0 N–H and O–H groups in total. The number of hydrogen-bond acceptors (Lipinski definition) is 3. The summed E-state index contributed by atoms with van der Waals surface area (Å²) in [5.41, 5.74) is 1.58. The van der Waals surface area contributed by atoms with Crippen molar-refractivity contribution in [1.29, 1.82) is 0 Å². The molecular weight excluding hydrogens is 458 g/mol. The Morgan fingerprint density at radius 1 is 1.33 bits per heavy atom. The monoisotopic (exact) mass is 468 g/mol. The molecule has 18 heavy (non-hydrogen) atoms. The Morgan fingerprint density at radius 2 is 2.00 bits per heavy atom. The summed E-state index contributed by atoms with van der Waals surface area (Å²) in [6, 6.07) is 7.39. The lowest BCUT2D eigenvalue weighted by Crippen LogP contribution is -2.06. The van der Waals surface area contributed by atoms with Crippen LogP contribution in [0.3, 0.4) is 0 Å². The molecule has 0 radical (unpaired) electrons. The number of rotatable bonds is 3. The Kier molecular flexibility index (Phi) is 4.66. The van der Waals surface area contributed by atoms with Crippen molar-refractivity contribution < 1.29 is 13.9 Å². The van der Waals surface area contributed by atoms with E-state index in [1.165, 1.54) is 0 Å². The van der Waals surface area contributed by atoms with E-state index in [9.17, 15) is 4.79 Å². The lowest BCUT2D eigenvalue weighted by molar-refractivity contribution is 0.0526. The van der Waals surface area contributed by atoms with Crippen molar-refractivity contribution in [3.8, 4) is 11.3 Å². The summed E-state index contributed by atoms with van der Waals surface area (Å²) in [6.07, 6.45) is 1.64. The van der Waals surface area contributed by atoms with Gasteiger partial charge in [-0.1, -0.05) is 0 Å². The first-order valence-corrected chi connectivity index (χ1v) is 7.49. The first-order valence-electron chi connectivity index (χ1n) is 5.33. The molecule has 3 nitrogen and oxygen atoms in total. The highest BCUT2D eigenvalue weighted by molar-refractivity contribution is 14.1. The Balaban J connectivity index is 2.45. The molecule has 5 heteroatoms.